The summed E-state index contributed by atoms with van der Waals surface area (Å²) in [7, 11) is 1.55. The number of anilines is 1. The number of amides is 2. The number of rotatable bonds is 10. The zero-order valence-electron chi connectivity index (χ0n) is 16.6. The highest BCUT2D eigenvalue weighted by atomic mass is 16.5. The van der Waals surface area contributed by atoms with Crippen LogP contribution in [0, 0.1) is 5.92 Å². The number of nitrogens with zero attached hydrogens (tertiary/aromatic N) is 2. The Morgan fingerprint density at radius 3 is 2.46 bits per heavy atom. The molecule has 0 radical (unpaired) electrons. The highest BCUT2D eigenvalue weighted by Gasteiger charge is 2.22. The summed E-state index contributed by atoms with van der Waals surface area (Å²) in [5, 5.41) is 3.33. The molecule has 1 aromatic carbocycles. The van der Waals surface area contributed by atoms with E-state index in [1.165, 1.54) is 0 Å². The summed E-state index contributed by atoms with van der Waals surface area (Å²) in [4.78, 5) is 29.9. The van der Waals surface area contributed by atoms with Crippen LogP contribution in [-0.4, -0.2) is 37.0 Å². The van der Waals surface area contributed by atoms with Crippen LogP contribution in [0.1, 0.15) is 31.9 Å². The molecule has 2 rings (SSSR count). The van der Waals surface area contributed by atoms with Gasteiger partial charge in [-0.2, -0.15) is 0 Å². The Bertz CT molecular complexity index is 780. The molecule has 0 aliphatic heterocycles. The van der Waals surface area contributed by atoms with Gasteiger partial charge in [-0.25, -0.2) is 0 Å². The standard InChI is InChI=1S/C21H28N4O3/c1-15(2)21(16-8-11-23-12-9-16)24-14-20(27)25(13-10-19(22)26)17-6-4-5-7-18(17)28-3/h4-9,11-12,15,21,24H,10,13-14H2,1-3H3,(H2,22,26)/t21-/m0/s1. The molecule has 1 aromatic heterocycles. The minimum atomic E-state index is -0.461. The first-order valence-corrected chi connectivity index (χ1v) is 9.29. The molecule has 0 aliphatic rings. The number of carbonyl (C=O) groups is 2. The molecule has 2 amide bonds. The van der Waals surface area contributed by atoms with Crippen molar-refractivity contribution in [3.8, 4) is 5.75 Å². The van der Waals surface area contributed by atoms with Gasteiger partial charge in [-0.15, -0.1) is 0 Å². The lowest BCUT2D eigenvalue weighted by Crippen LogP contribution is -2.42. The van der Waals surface area contributed by atoms with Gasteiger partial charge >= 0.3 is 0 Å². The number of nitrogens with one attached hydrogen (secondary N) is 1. The number of aromatic nitrogens is 1. The Balaban J connectivity index is 2.18. The molecule has 7 nitrogen and oxygen atoms in total. The third-order valence-electron chi connectivity index (χ3n) is 4.46. The van der Waals surface area contributed by atoms with Crippen molar-refractivity contribution in [3.05, 3.63) is 54.4 Å². The maximum Gasteiger partial charge on any atom is 0.241 e. The van der Waals surface area contributed by atoms with E-state index in [-0.39, 0.29) is 37.4 Å². The molecule has 0 aliphatic carbocycles. The maximum absolute atomic E-state index is 13.0. The SMILES string of the molecule is COc1ccccc1N(CCC(N)=O)C(=O)CN[C@H](c1ccncc1)C(C)C. The molecule has 0 fully saturated rings. The van der Waals surface area contributed by atoms with E-state index in [4.69, 9.17) is 10.5 Å². The molecular formula is C21H28N4O3. The van der Waals surface area contributed by atoms with Crippen molar-refractivity contribution in [3.63, 3.8) is 0 Å². The number of hydrogen-bond acceptors (Lipinski definition) is 5. The fraction of sp³-hybridized carbons (Fsp3) is 0.381. The van der Waals surface area contributed by atoms with Crippen LogP contribution in [0.2, 0.25) is 0 Å². The predicted octanol–water partition coefficient (Wildman–Crippen LogP) is 2.29. The van der Waals surface area contributed by atoms with Crippen molar-refractivity contribution in [1.29, 1.82) is 0 Å². The Labute approximate surface area is 165 Å². The molecule has 0 spiro atoms. The lowest BCUT2D eigenvalue weighted by Gasteiger charge is -2.27. The van der Waals surface area contributed by atoms with Gasteiger partial charge in [0.25, 0.3) is 0 Å². The van der Waals surface area contributed by atoms with Gasteiger partial charge in [0.05, 0.1) is 19.3 Å². The minimum Gasteiger partial charge on any atom is -0.495 e. The molecule has 7 heteroatoms. The first kappa shape index (κ1) is 21.4. The number of hydrogen-bond donors (Lipinski definition) is 2. The lowest BCUT2D eigenvalue weighted by atomic mass is 9.97. The van der Waals surface area contributed by atoms with E-state index in [1.54, 1.807) is 36.5 Å². The quantitative estimate of drug-likeness (QED) is 0.655. The fourth-order valence-electron chi connectivity index (χ4n) is 3.06. The Morgan fingerprint density at radius 2 is 1.86 bits per heavy atom. The second-order valence-electron chi connectivity index (χ2n) is 6.82. The summed E-state index contributed by atoms with van der Waals surface area (Å²) in [5.41, 5.74) is 6.98. The fourth-order valence-corrected chi connectivity index (χ4v) is 3.06. The van der Waals surface area contributed by atoms with Gasteiger partial charge in [-0.05, 0) is 35.7 Å². The highest BCUT2D eigenvalue weighted by Crippen LogP contribution is 2.28. The van der Waals surface area contributed by atoms with Gasteiger partial charge in [-0.3, -0.25) is 14.6 Å². The maximum atomic E-state index is 13.0. The molecule has 0 unspecified atom stereocenters. The number of ether oxygens (including phenoxy) is 1. The van der Waals surface area contributed by atoms with Crippen LogP contribution in [0.4, 0.5) is 5.69 Å². The first-order chi connectivity index (χ1) is 13.4. The summed E-state index contributed by atoms with van der Waals surface area (Å²) >= 11 is 0. The van der Waals surface area contributed by atoms with Crippen LogP contribution in [0.3, 0.4) is 0 Å². The van der Waals surface area contributed by atoms with Gasteiger partial charge in [0.15, 0.2) is 0 Å². The Kier molecular flexibility index (Phi) is 7.95. The molecule has 0 saturated heterocycles. The van der Waals surface area contributed by atoms with E-state index in [0.717, 1.165) is 5.56 Å². The lowest BCUT2D eigenvalue weighted by molar-refractivity contribution is -0.118. The third kappa shape index (κ3) is 5.79. The number of pyridine rings is 1. The average molecular weight is 384 g/mol. The zero-order valence-corrected chi connectivity index (χ0v) is 16.6. The average Bonchev–Trinajstić information content (AvgIpc) is 2.69. The van der Waals surface area contributed by atoms with E-state index < -0.39 is 5.91 Å². The number of para-hydroxylation sites is 2. The van der Waals surface area contributed by atoms with Crippen LogP contribution in [0.15, 0.2) is 48.8 Å². The number of primary amides is 1. The van der Waals surface area contributed by atoms with Crippen molar-refractivity contribution < 1.29 is 14.3 Å². The molecule has 28 heavy (non-hydrogen) atoms. The van der Waals surface area contributed by atoms with Crippen molar-refractivity contribution in [2.45, 2.75) is 26.3 Å². The van der Waals surface area contributed by atoms with Crippen LogP contribution in [0.25, 0.3) is 0 Å². The van der Waals surface area contributed by atoms with E-state index in [1.807, 2.05) is 24.3 Å². The van der Waals surface area contributed by atoms with E-state index in [9.17, 15) is 9.59 Å². The van der Waals surface area contributed by atoms with Crippen LogP contribution >= 0.6 is 0 Å². The molecule has 2 aromatic rings. The topological polar surface area (TPSA) is 97.5 Å². The van der Waals surface area contributed by atoms with E-state index >= 15 is 0 Å². The van der Waals surface area contributed by atoms with Crippen molar-refractivity contribution in [1.82, 2.24) is 10.3 Å². The van der Waals surface area contributed by atoms with Gasteiger partial charge in [0, 0.05) is 31.4 Å². The summed E-state index contributed by atoms with van der Waals surface area (Å²) < 4.78 is 5.38. The molecule has 150 valence electrons. The number of methoxy groups -OCH3 is 1. The van der Waals surface area contributed by atoms with Crippen LogP contribution in [0.5, 0.6) is 5.75 Å². The van der Waals surface area contributed by atoms with Crippen molar-refractivity contribution in [2.75, 3.05) is 25.1 Å². The molecule has 1 atom stereocenters. The zero-order chi connectivity index (χ0) is 20.5. The van der Waals surface area contributed by atoms with Crippen LogP contribution in [-0.2, 0) is 9.59 Å². The molecule has 1 heterocycles. The smallest absolute Gasteiger partial charge is 0.241 e. The summed E-state index contributed by atoms with van der Waals surface area (Å²) in [6.07, 6.45) is 3.55. The molecule has 0 bridgehead atoms. The van der Waals surface area contributed by atoms with Crippen molar-refractivity contribution >= 4 is 17.5 Å². The van der Waals surface area contributed by atoms with Gasteiger partial charge in [0.1, 0.15) is 5.75 Å². The second kappa shape index (κ2) is 10.4. The molecule has 3 N–H and O–H groups in total. The second-order valence-corrected chi connectivity index (χ2v) is 6.82. The largest absolute Gasteiger partial charge is 0.495 e. The summed E-state index contributed by atoms with van der Waals surface area (Å²) in [5.74, 6) is 0.221. The Hall–Kier alpha value is -2.93. The van der Waals surface area contributed by atoms with Gasteiger partial charge < -0.3 is 20.7 Å². The van der Waals surface area contributed by atoms with E-state index in [2.05, 4.69) is 24.1 Å². The monoisotopic (exact) mass is 384 g/mol. The van der Waals surface area contributed by atoms with E-state index in [0.29, 0.717) is 11.4 Å². The summed E-state index contributed by atoms with van der Waals surface area (Å²) in [6, 6.07) is 11.1. The normalized spacial score (nSPS) is 11.9. The number of carbonyl (C=O) groups excluding carboxylic acids is 2. The third-order valence-corrected chi connectivity index (χ3v) is 4.46. The predicted molar refractivity (Wildman–Crippen MR) is 109 cm³/mol. The van der Waals surface area contributed by atoms with Gasteiger partial charge in [0.2, 0.25) is 11.8 Å². The van der Waals surface area contributed by atoms with Gasteiger partial charge in [-0.1, -0.05) is 26.0 Å². The van der Waals surface area contributed by atoms with Crippen LogP contribution < -0.4 is 20.7 Å². The minimum absolute atomic E-state index is 0.00242. The van der Waals surface area contributed by atoms with Crippen molar-refractivity contribution in [2.24, 2.45) is 11.7 Å². The Morgan fingerprint density at radius 1 is 1.18 bits per heavy atom. The molecular weight excluding hydrogens is 356 g/mol. The first-order valence-electron chi connectivity index (χ1n) is 9.29. The summed E-state index contributed by atoms with van der Waals surface area (Å²) in [6.45, 7) is 4.49. The number of benzene rings is 1. The molecule has 0 saturated carbocycles. The number of nitrogens with two attached hydrogens (primary N) is 1. The highest BCUT2D eigenvalue weighted by molar-refractivity contribution is 5.96.